The average molecular weight is 421 g/mol. The van der Waals surface area contributed by atoms with E-state index in [0.29, 0.717) is 6.61 Å². The summed E-state index contributed by atoms with van der Waals surface area (Å²) in [6.45, 7) is 0.679. The Hall–Kier alpha value is -2.79. The molecule has 0 bridgehead atoms. The lowest BCUT2D eigenvalue weighted by atomic mass is 10.1. The molecule has 0 aromatic heterocycles. The Labute approximate surface area is 171 Å². The van der Waals surface area contributed by atoms with E-state index < -0.39 is 17.7 Å². The number of thioether (sulfide) groups is 1. The van der Waals surface area contributed by atoms with E-state index in [2.05, 4.69) is 21.5 Å². The number of urea groups is 1. The molecule has 1 aromatic rings. The first-order valence-electron chi connectivity index (χ1n) is 9.20. The first kappa shape index (κ1) is 20.9. The second-order valence-electron chi connectivity index (χ2n) is 6.69. The Morgan fingerprint density at radius 1 is 1.14 bits per heavy atom. The van der Waals surface area contributed by atoms with E-state index in [4.69, 9.17) is 10.5 Å². The molecule has 2 fully saturated rings. The Bertz CT molecular complexity index is 805. The van der Waals surface area contributed by atoms with Gasteiger partial charge in [0.1, 0.15) is 0 Å². The highest BCUT2D eigenvalue weighted by Crippen LogP contribution is 2.31. The number of primary amides is 1. The molecule has 2 saturated heterocycles. The highest BCUT2D eigenvalue weighted by atomic mass is 32.2. The molecule has 11 heteroatoms. The molecule has 5 amide bonds. The number of rotatable bonds is 8. The van der Waals surface area contributed by atoms with Gasteiger partial charge in [-0.3, -0.25) is 25.2 Å². The maximum atomic E-state index is 12.1. The monoisotopic (exact) mass is 421 g/mol. The second-order valence-corrected chi connectivity index (χ2v) is 7.96. The number of ether oxygens (including phenoxy) is 1. The SMILES string of the molecule is NC(=O)c1ccccc1C(=O)NNC(=O)CCOCCC1SCC2NC(=O)NC21. The van der Waals surface area contributed by atoms with Crippen LogP contribution in [0.5, 0.6) is 0 Å². The molecule has 10 nitrogen and oxygen atoms in total. The lowest BCUT2D eigenvalue weighted by Crippen LogP contribution is -2.42. The summed E-state index contributed by atoms with van der Waals surface area (Å²) in [7, 11) is 0. The summed E-state index contributed by atoms with van der Waals surface area (Å²) in [5.41, 5.74) is 9.93. The van der Waals surface area contributed by atoms with Crippen molar-refractivity contribution in [2.75, 3.05) is 19.0 Å². The molecule has 1 aromatic carbocycles. The number of benzene rings is 1. The third-order valence-corrected chi connectivity index (χ3v) is 6.22. The third-order valence-electron chi connectivity index (χ3n) is 4.71. The predicted octanol–water partition coefficient (Wildman–Crippen LogP) is -0.491. The standard InChI is InChI=1S/C18H23N5O5S/c19-16(25)10-3-1-2-4-11(10)17(26)23-22-14(24)6-8-28-7-5-13-15-12(9-29-13)20-18(27)21-15/h1-4,12-13,15H,5-9H2,(H2,19,25)(H,22,24)(H,23,26)(H2,20,21,27). The van der Waals surface area contributed by atoms with Crippen molar-refractivity contribution in [2.24, 2.45) is 5.73 Å². The van der Waals surface area contributed by atoms with E-state index in [1.807, 2.05) is 0 Å². The predicted molar refractivity (Wildman–Crippen MR) is 106 cm³/mol. The molecule has 156 valence electrons. The van der Waals surface area contributed by atoms with Crippen LogP contribution in [0.25, 0.3) is 0 Å². The summed E-state index contributed by atoms with van der Waals surface area (Å²) >= 11 is 1.80. The molecule has 3 atom stereocenters. The van der Waals surface area contributed by atoms with Crippen molar-refractivity contribution in [1.82, 2.24) is 21.5 Å². The van der Waals surface area contributed by atoms with Gasteiger partial charge in [-0.05, 0) is 18.6 Å². The number of fused-ring (bicyclic) bond motifs is 1. The van der Waals surface area contributed by atoms with E-state index in [9.17, 15) is 19.2 Å². The van der Waals surface area contributed by atoms with Crippen LogP contribution >= 0.6 is 11.8 Å². The molecule has 2 aliphatic rings. The van der Waals surface area contributed by atoms with Crippen LogP contribution < -0.4 is 27.2 Å². The molecular formula is C18H23N5O5S. The van der Waals surface area contributed by atoms with Crippen LogP contribution in [0.15, 0.2) is 24.3 Å². The summed E-state index contributed by atoms with van der Waals surface area (Å²) < 4.78 is 5.50. The van der Waals surface area contributed by atoms with Crippen LogP contribution in [0.3, 0.4) is 0 Å². The van der Waals surface area contributed by atoms with Gasteiger partial charge in [-0.2, -0.15) is 11.8 Å². The van der Waals surface area contributed by atoms with E-state index in [0.717, 1.165) is 12.2 Å². The maximum absolute atomic E-state index is 12.1. The largest absolute Gasteiger partial charge is 0.381 e. The molecule has 0 radical (unpaired) electrons. The van der Waals surface area contributed by atoms with Crippen molar-refractivity contribution in [2.45, 2.75) is 30.2 Å². The zero-order valence-electron chi connectivity index (χ0n) is 15.6. The summed E-state index contributed by atoms with van der Waals surface area (Å²) in [5, 5.41) is 6.09. The van der Waals surface area contributed by atoms with E-state index in [1.54, 1.807) is 23.9 Å². The lowest BCUT2D eigenvalue weighted by Gasteiger charge is -2.16. The quantitative estimate of drug-likeness (QED) is 0.217. The number of carbonyl (C=O) groups excluding carboxylic acids is 4. The number of hydrogen-bond donors (Lipinski definition) is 5. The van der Waals surface area contributed by atoms with E-state index in [-0.39, 0.29) is 47.5 Å². The number of amides is 5. The number of hydrogen-bond acceptors (Lipinski definition) is 6. The molecule has 3 unspecified atom stereocenters. The van der Waals surface area contributed by atoms with Crippen molar-refractivity contribution in [1.29, 1.82) is 0 Å². The fraction of sp³-hybridized carbons (Fsp3) is 0.444. The fourth-order valence-corrected chi connectivity index (χ4v) is 4.73. The van der Waals surface area contributed by atoms with Gasteiger partial charge in [0, 0.05) is 17.6 Å². The molecule has 29 heavy (non-hydrogen) atoms. The molecule has 2 aliphatic heterocycles. The van der Waals surface area contributed by atoms with Crippen LogP contribution in [-0.2, 0) is 9.53 Å². The lowest BCUT2D eigenvalue weighted by molar-refractivity contribution is -0.122. The van der Waals surface area contributed by atoms with Crippen molar-refractivity contribution in [3.8, 4) is 0 Å². The minimum atomic E-state index is -0.727. The van der Waals surface area contributed by atoms with Gasteiger partial charge in [0.05, 0.1) is 36.2 Å². The number of nitrogens with two attached hydrogens (primary N) is 1. The molecule has 2 heterocycles. The molecule has 6 N–H and O–H groups in total. The van der Waals surface area contributed by atoms with E-state index >= 15 is 0 Å². The van der Waals surface area contributed by atoms with Crippen LogP contribution in [0.2, 0.25) is 0 Å². The van der Waals surface area contributed by atoms with Gasteiger partial charge in [0.2, 0.25) is 11.8 Å². The number of nitrogens with one attached hydrogen (secondary N) is 4. The molecule has 0 aliphatic carbocycles. The minimum Gasteiger partial charge on any atom is -0.381 e. The topological polar surface area (TPSA) is 152 Å². The second kappa shape index (κ2) is 9.61. The van der Waals surface area contributed by atoms with Gasteiger partial charge in [-0.15, -0.1) is 0 Å². The van der Waals surface area contributed by atoms with Crippen LogP contribution in [0.1, 0.15) is 33.6 Å². The zero-order chi connectivity index (χ0) is 20.8. The zero-order valence-corrected chi connectivity index (χ0v) is 16.4. The minimum absolute atomic E-state index is 0.0693. The molecular weight excluding hydrogens is 398 g/mol. The van der Waals surface area contributed by atoms with Crippen LogP contribution in [0, 0.1) is 0 Å². The highest BCUT2D eigenvalue weighted by molar-refractivity contribution is 8.00. The van der Waals surface area contributed by atoms with Crippen LogP contribution in [0.4, 0.5) is 4.79 Å². The summed E-state index contributed by atoms with van der Waals surface area (Å²) in [6.07, 6.45) is 0.843. The Morgan fingerprint density at radius 3 is 2.66 bits per heavy atom. The first-order chi connectivity index (χ1) is 14.0. The smallest absolute Gasteiger partial charge is 0.315 e. The van der Waals surface area contributed by atoms with Gasteiger partial charge >= 0.3 is 6.03 Å². The van der Waals surface area contributed by atoms with Gasteiger partial charge in [0.25, 0.3) is 5.91 Å². The van der Waals surface area contributed by atoms with Gasteiger partial charge in [-0.1, -0.05) is 12.1 Å². The Morgan fingerprint density at radius 2 is 1.90 bits per heavy atom. The highest BCUT2D eigenvalue weighted by Gasteiger charge is 2.42. The van der Waals surface area contributed by atoms with Gasteiger partial charge in [-0.25, -0.2) is 4.79 Å². The Balaban J connectivity index is 1.31. The van der Waals surface area contributed by atoms with Crippen molar-refractivity contribution >= 4 is 35.5 Å². The summed E-state index contributed by atoms with van der Waals surface area (Å²) in [6, 6.07) is 6.24. The van der Waals surface area contributed by atoms with E-state index in [1.165, 1.54) is 12.1 Å². The first-order valence-corrected chi connectivity index (χ1v) is 10.2. The third kappa shape index (κ3) is 5.39. The normalized spacial score (nSPS) is 22.3. The summed E-state index contributed by atoms with van der Waals surface area (Å²) in [5.74, 6) is -0.893. The van der Waals surface area contributed by atoms with Crippen LogP contribution in [-0.4, -0.2) is 60.1 Å². The van der Waals surface area contributed by atoms with Crippen molar-refractivity contribution < 1.29 is 23.9 Å². The molecule has 0 spiro atoms. The van der Waals surface area contributed by atoms with Gasteiger partial charge < -0.3 is 21.1 Å². The number of hydrazine groups is 1. The Kier molecular flexibility index (Phi) is 6.94. The maximum Gasteiger partial charge on any atom is 0.315 e. The molecule has 3 rings (SSSR count). The fourth-order valence-electron chi connectivity index (χ4n) is 3.26. The van der Waals surface area contributed by atoms with Crippen molar-refractivity contribution in [3.63, 3.8) is 0 Å². The number of carbonyl (C=O) groups is 4. The van der Waals surface area contributed by atoms with Crippen molar-refractivity contribution in [3.05, 3.63) is 35.4 Å². The molecule has 0 saturated carbocycles. The van der Waals surface area contributed by atoms with Gasteiger partial charge in [0.15, 0.2) is 0 Å². The summed E-state index contributed by atoms with van der Waals surface area (Å²) in [4.78, 5) is 46.7. The average Bonchev–Trinajstić information content (AvgIpc) is 3.25.